The summed E-state index contributed by atoms with van der Waals surface area (Å²) in [4.78, 5) is 2.46. The summed E-state index contributed by atoms with van der Waals surface area (Å²) in [6.45, 7) is 5.95. The molecule has 2 N–H and O–H groups in total. The number of ether oxygens (including phenoxy) is 1. The number of benzene rings is 1. The SMILES string of the molecule is CCC(CN)OC1CCN(Cc2ccccc2)C1. The predicted molar refractivity (Wildman–Crippen MR) is 74.3 cm³/mol. The molecule has 0 saturated carbocycles. The molecule has 2 unspecified atom stereocenters. The average Bonchev–Trinajstić information content (AvgIpc) is 2.84. The predicted octanol–water partition coefficient (Wildman–Crippen LogP) is 2.01. The van der Waals surface area contributed by atoms with E-state index in [-0.39, 0.29) is 6.10 Å². The Bertz CT molecular complexity index is 338. The lowest BCUT2D eigenvalue weighted by atomic mass is 10.2. The molecule has 0 aromatic heterocycles. The molecule has 18 heavy (non-hydrogen) atoms. The topological polar surface area (TPSA) is 38.5 Å². The van der Waals surface area contributed by atoms with Gasteiger partial charge in [0.15, 0.2) is 0 Å². The van der Waals surface area contributed by atoms with Crippen LogP contribution in [0.3, 0.4) is 0 Å². The highest BCUT2D eigenvalue weighted by Gasteiger charge is 2.24. The van der Waals surface area contributed by atoms with Crippen LogP contribution in [-0.2, 0) is 11.3 Å². The molecule has 1 fully saturated rings. The summed E-state index contributed by atoms with van der Waals surface area (Å²) in [5.74, 6) is 0. The monoisotopic (exact) mass is 248 g/mol. The van der Waals surface area contributed by atoms with Crippen molar-refractivity contribution >= 4 is 0 Å². The zero-order chi connectivity index (χ0) is 12.8. The van der Waals surface area contributed by atoms with E-state index in [9.17, 15) is 0 Å². The van der Waals surface area contributed by atoms with E-state index in [1.807, 2.05) is 0 Å². The molecule has 0 radical (unpaired) electrons. The van der Waals surface area contributed by atoms with Crippen LogP contribution in [0.2, 0.25) is 0 Å². The van der Waals surface area contributed by atoms with Gasteiger partial charge in [0, 0.05) is 26.2 Å². The smallest absolute Gasteiger partial charge is 0.0718 e. The van der Waals surface area contributed by atoms with Crippen LogP contribution in [0.25, 0.3) is 0 Å². The van der Waals surface area contributed by atoms with E-state index in [4.69, 9.17) is 10.5 Å². The lowest BCUT2D eigenvalue weighted by molar-refractivity contribution is -0.00322. The van der Waals surface area contributed by atoms with E-state index in [2.05, 4.69) is 42.2 Å². The number of rotatable bonds is 6. The molecule has 1 aliphatic heterocycles. The molecule has 1 heterocycles. The minimum absolute atomic E-state index is 0.228. The van der Waals surface area contributed by atoms with Gasteiger partial charge in [0.05, 0.1) is 12.2 Å². The van der Waals surface area contributed by atoms with Crippen molar-refractivity contribution in [1.29, 1.82) is 0 Å². The molecular weight excluding hydrogens is 224 g/mol. The summed E-state index contributed by atoms with van der Waals surface area (Å²) < 4.78 is 6.01. The molecule has 3 nitrogen and oxygen atoms in total. The highest BCUT2D eigenvalue weighted by molar-refractivity contribution is 5.14. The molecule has 2 rings (SSSR count). The van der Waals surface area contributed by atoms with Crippen molar-refractivity contribution < 1.29 is 4.74 Å². The molecular formula is C15H24N2O. The van der Waals surface area contributed by atoms with Gasteiger partial charge in [0.25, 0.3) is 0 Å². The Balaban J connectivity index is 1.78. The van der Waals surface area contributed by atoms with E-state index in [1.54, 1.807) is 0 Å². The molecule has 0 aliphatic carbocycles. The summed E-state index contributed by atoms with van der Waals surface area (Å²) in [5.41, 5.74) is 7.06. The molecule has 1 aliphatic rings. The minimum atomic E-state index is 0.228. The second kappa shape index (κ2) is 6.88. The van der Waals surface area contributed by atoms with Crippen LogP contribution in [-0.4, -0.2) is 36.7 Å². The van der Waals surface area contributed by atoms with Crippen molar-refractivity contribution in [3.8, 4) is 0 Å². The zero-order valence-corrected chi connectivity index (χ0v) is 11.2. The first-order chi connectivity index (χ1) is 8.81. The number of likely N-dealkylation sites (tertiary alicyclic amines) is 1. The number of nitrogens with zero attached hydrogens (tertiary/aromatic N) is 1. The van der Waals surface area contributed by atoms with Gasteiger partial charge in [0.2, 0.25) is 0 Å². The van der Waals surface area contributed by atoms with Crippen LogP contribution in [0, 0.1) is 0 Å². The van der Waals surface area contributed by atoms with Gasteiger partial charge < -0.3 is 10.5 Å². The Hall–Kier alpha value is -0.900. The number of nitrogens with two attached hydrogens (primary N) is 1. The van der Waals surface area contributed by atoms with Crippen molar-refractivity contribution in [2.24, 2.45) is 5.73 Å². The number of hydrogen-bond acceptors (Lipinski definition) is 3. The third-order valence-electron chi connectivity index (χ3n) is 3.58. The van der Waals surface area contributed by atoms with E-state index in [1.165, 1.54) is 5.56 Å². The van der Waals surface area contributed by atoms with Crippen LogP contribution in [0.4, 0.5) is 0 Å². The summed E-state index contributed by atoms with van der Waals surface area (Å²) >= 11 is 0. The van der Waals surface area contributed by atoms with Gasteiger partial charge in [-0.2, -0.15) is 0 Å². The molecule has 1 saturated heterocycles. The zero-order valence-electron chi connectivity index (χ0n) is 11.2. The van der Waals surface area contributed by atoms with Crippen LogP contribution in [0.1, 0.15) is 25.3 Å². The quantitative estimate of drug-likeness (QED) is 0.837. The maximum Gasteiger partial charge on any atom is 0.0718 e. The lowest BCUT2D eigenvalue weighted by Crippen LogP contribution is -2.30. The van der Waals surface area contributed by atoms with Gasteiger partial charge >= 0.3 is 0 Å². The van der Waals surface area contributed by atoms with Crippen LogP contribution in [0.15, 0.2) is 30.3 Å². The second-order valence-electron chi connectivity index (χ2n) is 5.03. The molecule has 100 valence electrons. The Morgan fingerprint density at radius 3 is 2.83 bits per heavy atom. The molecule has 0 spiro atoms. The fraction of sp³-hybridized carbons (Fsp3) is 0.600. The molecule has 1 aromatic rings. The number of hydrogen-bond donors (Lipinski definition) is 1. The summed E-state index contributed by atoms with van der Waals surface area (Å²) in [7, 11) is 0. The highest BCUT2D eigenvalue weighted by atomic mass is 16.5. The molecule has 1 aromatic carbocycles. The van der Waals surface area contributed by atoms with Gasteiger partial charge in [-0.3, -0.25) is 4.90 Å². The molecule has 2 atom stereocenters. The molecule has 0 amide bonds. The first kappa shape index (κ1) is 13.5. The van der Waals surface area contributed by atoms with E-state index in [0.29, 0.717) is 12.6 Å². The minimum Gasteiger partial charge on any atom is -0.372 e. The third kappa shape index (κ3) is 3.80. The summed E-state index contributed by atoms with van der Waals surface area (Å²) in [6, 6.07) is 10.6. The van der Waals surface area contributed by atoms with E-state index >= 15 is 0 Å². The largest absolute Gasteiger partial charge is 0.372 e. The van der Waals surface area contributed by atoms with Crippen molar-refractivity contribution in [2.45, 2.75) is 38.5 Å². The first-order valence-corrected chi connectivity index (χ1v) is 6.93. The van der Waals surface area contributed by atoms with Crippen molar-refractivity contribution in [2.75, 3.05) is 19.6 Å². The standard InChI is InChI=1S/C15H24N2O/c1-2-14(10-16)18-15-8-9-17(12-15)11-13-6-4-3-5-7-13/h3-7,14-15H,2,8-12,16H2,1H3. The van der Waals surface area contributed by atoms with Crippen molar-refractivity contribution in [1.82, 2.24) is 4.90 Å². The fourth-order valence-corrected chi connectivity index (χ4v) is 2.48. The van der Waals surface area contributed by atoms with Crippen LogP contribution in [0.5, 0.6) is 0 Å². The normalized spacial score (nSPS) is 22.2. The van der Waals surface area contributed by atoms with Crippen molar-refractivity contribution in [3.63, 3.8) is 0 Å². The summed E-state index contributed by atoms with van der Waals surface area (Å²) in [6.07, 6.45) is 2.73. The lowest BCUT2D eigenvalue weighted by Gasteiger charge is -2.20. The van der Waals surface area contributed by atoms with Gasteiger partial charge in [-0.05, 0) is 18.4 Å². The molecule has 0 bridgehead atoms. The maximum atomic E-state index is 6.01. The van der Waals surface area contributed by atoms with Crippen LogP contribution >= 0.6 is 0 Å². The third-order valence-corrected chi connectivity index (χ3v) is 3.58. The van der Waals surface area contributed by atoms with Gasteiger partial charge in [0.1, 0.15) is 0 Å². The van der Waals surface area contributed by atoms with Crippen LogP contribution < -0.4 is 5.73 Å². The average molecular weight is 248 g/mol. The van der Waals surface area contributed by atoms with Gasteiger partial charge in [-0.15, -0.1) is 0 Å². The Morgan fingerprint density at radius 2 is 2.17 bits per heavy atom. The van der Waals surface area contributed by atoms with E-state index < -0.39 is 0 Å². The second-order valence-corrected chi connectivity index (χ2v) is 5.03. The van der Waals surface area contributed by atoms with Gasteiger partial charge in [-0.1, -0.05) is 37.3 Å². The maximum absolute atomic E-state index is 6.01. The Kier molecular flexibility index (Phi) is 5.17. The molecule has 3 heteroatoms. The summed E-state index contributed by atoms with van der Waals surface area (Å²) in [5, 5.41) is 0. The Labute approximate surface area is 110 Å². The van der Waals surface area contributed by atoms with E-state index in [0.717, 1.165) is 32.5 Å². The first-order valence-electron chi connectivity index (χ1n) is 6.93. The Morgan fingerprint density at radius 1 is 1.39 bits per heavy atom. The highest BCUT2D eigenvalue weighted by Crippen LogP contribution is 2.17. The van der Waals surface area contributed by atoms with Crippen molar-refractivity contribution in [3.05, 3.63) is 35.9 Å². The fourth-order valence-electron chi connectivity index (χ4n) is 2.48. The van der Waals surface area contributed by atoms with Gasteiger partial charge in [-0.25, -0.2) is 0 Å².